The molecule has 0 bridgehead atoms. The van der Waals surface area contributed by atoms with Crippen molar-refractivity contribution in [3.63, 3.8) is 0 Å². The second-order valence-corrected chi connectivity index (χ2v) is 1.61. The van der Waals surface area contributed by atoms with Crippen molar-refractivity contribution in [2.45, 2.75) is 6.55 Å². The summed E-state index contributed by atoms with van der Waals surface area (Å²) in [5.41, 5.74) is 0. The van der Waals surface area contributed by atoms with E-state index in [9.17, 15) is 8.78 Å². The number of nitrogens with zero attached hydrogens (tertiary/aromatic N) is 3. The van der Waals surface area contributed by atoms with Gasteiger partial charge in [0.15, 0.2) is 0 Å². The third-order valence-corrected chi connectivity index (χ3v) is 0.854. The number of rotatable bonds is 1. The summed E-state index contributed by atoms with van der Waals surface area (Å²) in [6.45, 7) is -2.66. The highest BCUT2D eigenvalue weighted by molar-refractivity contribution is 6.28. The van der Waals surface area contributed by atoms with Crippen molar-refractivity contribution in [2.75, 3.05) is 0 Å². The highest BCUT2D eigenvalue weighted by atomic mass is 35.5. The van der Waals surface area contributed by atoms with E-state index in [0.717, 1.165) is 6.33 Å². The van der Waals surface area contributed by atoms with Gasteiger partial charge in [-0.25, -0.2) is 4.98 Å². The molecule has 0 unspecified atom stereocenters. The SMILES string of the molecule is FC(F)n1cnc(Cl)n1. The molecule has 1 heterocycles. The van der Waals surface area contributed by atoms with Crippen LogP contribution >= 0.6 is 11.6 Å². The fourth-order valence-corrected chi connectivity index (χ4v) is 0.479. The predicted octanol–water partition coefficient (Wildman–Crippen LogP) is 1.33. The minimum atomic E-state index is -2.66. The summed E-state index contributed by atoms with van der Waals surface area (Å²) >= 11 is 5.13. The second-order valence-electron chi connectivity index (χ2n) is 1.27. The van der Waals surface area contributed by atoms with Gasteiger partial charge in [-0.05, 0) is 11.6 Å². The van der Waals surface area contributed by atoms with E-state index in [1.54, 1.807) is 0 Å². The largest absolute Gasteiger partial charge is 0.334 e. The Morgan fingerprint density at radius 1 is 1.67 bits per heavy atom. The Labute approximate surface area is 54.3 Å². The third kappa shape index (κ3) is 1.35. The summed E-state index contributed by atoms with van der Waals surface area (Å²) in [5.74, 6) is 0. The van der Waals surface area contributed by atoms with Gasteiger partial charge in [0.1, 0.15) is 6.33 Å². The van der Waals surface area contributed by atoms with Crippen molar-refractivity contribution >= 4 is 11.6 Å². The van der Waals surface area contributed by atoms with Gasteiger partial charge >= 0.3 is 6.55 Å². The quantitative estimate of drug-likeness (QED) is 0.609. The zero-order valence-corrected chi connectivity index (χ0v) is 4.89. The molecular weight excluding hydrogens is 152 g/mol. The molecule has 3 nitrogen and oxygen atoms in total. The van der Waals surface area contributed by atoms with Crippen LogP contribution in [0.5, 0.6) is 0 Å². The fraction of sp³-hybridized carbons (Fsp3) is 0.333. The topological polar surface area (TPSA) is 30.7 Å². The Morgan fingerprint density at radius 2 is 2.33 bits per heavy atom. The van der Waals surface area contributed by atoms with Gasteiger partial charge in [-0.1, -0.05) is 0 Å². The van der Waals surface area contributed by atoms with Crippen molar-refractivity contribution in [2.24, 2.45) is 0 Å². The van der Waals surface area contributed by atoms with Crippen molar-refractivity contribution < 1.29 is 8.78 Å². The summed E-state index contributed by atoms with van der Waals surface area (Å²) in [5, 5.41) is 2.96. The minimum absolute atomic E-state index is 0.171. The second kappa shape index (κ2) is 2.26. The Kier molecular flexibility index (Phi) is 1.61. The van der Waals surface area contributed by atoms with E-state index in [-0.39, 0.29) is 5.28 Å². The van der Waals surface area contributed by atoms with E-state index in [4.69, 9.17) is 11.6 Å². The number of aromatic nitrogens is 3. The Bertz CT molecular complexity index is 199. The maximum absolute atomic E-state index is 11.6. The highest BCUT2D eigenvalue weighted by Gasteiger charge is 2.05. The molecule has 0 aliphatic rings. The molecule has 1 aromatic rings. The first-order chi connectivity index (χ1) is 4.20. The molecule has 0 saturated heterocycles. The smallest absolute Gasteiger partial charge is 0.205 e. The van der Waals surface area contributed by atoms with Gasteiger partial charge in [-0.2, -0.15) is 13.5 Å². The van der Waals surface area contributed by atoms with Gasteiger partial charge in [0, 0.05) is 0 Å². The number of halogens is 3. The molecule has 9 heavy (non-hydrogen) atoms. The molecule has 0 radical (unpaired) electrons. The van der Waals surface area contributed by atoms with E-state index in [1.165, 1.54) is 0 Å². The van der Waals surface area contributed by atoms with Crippen LogP contribution in [-0.4, -0.2) is 14.8 Å². The fourth-order valence-electron chi connectivity index (χ4n) is 0.348. The summed E-state index contributed by atoms with van der Waals surface area (Å²) in [4.78, 5) is 3.28. The van der Waals surface area contributed by atoms with Crippen molar-refractivity contribution in [1.82, 2.24) is 14.8 Å². The van der Waals surface area contributed by atoms with Crippen molar-refractivity contribution in [3.05, 3.63) is 11.6 Å². The summed E-state index contributed by atoms with van der Waals surface area (Å²) < 4.78 is 23.5. The monoisotopic (exact) mass is 153 g/mol. The molecule has 0 fully saturated rings. The van der Waals surface area contributed by atoms with E-state index in [1.807, 2.05) is 0 Å². The molecule has 0 aliphatic heterocycles. The molecule has 1 rings (SSSR count). The first kappa shape index (κ1) is 6.41. The first-order valence-electron chi connectivity index (χ1n) is 2.05. The number of alkyl halides is 2. The lowest BCUT2D eigenvalue weighted by molar-refractivity contribution is 0.0562. The van der Waals surface area contributed by atoms with E-state index in [2.05, 4.69) is 10.1 Å². The van der Waals surface area contributed by atoms with E-state index < -0.39 is 6.55 Å². The van der Waals surface area contributed by atoms with Crippen LogP contribution < -0.4 is 0 Å². The first-order valence-corrected chi connectivity index (χ1v) is 2.43. The molecule has 50 valence electrons. The number of hydrogen-bond acceptors (Lipinski definition) is 2. The molecule has 0 aromatic carbocycles. The van der Waals surface area contributed by atoms with E-state index >= 15 is 0 Å². The zero-order valence-electron chi connectivity index (χ0n) is 4.13. The Morgan fingerprint density at radius 3 is 2.56 bits per heavy atom. The van der Waals surface area contributed by atoms with Gasteiger partial charge in [-0.15, -0.1) is 5.10 Å². The highest BCUT2D eigenvalue weighted by Crippen LogP contribution is 2.07. The average Bonchev–Trinajstić information content (AvgIpc) is 2.14. The molecule has 0 spiro atoms. The van der Waals surface area contributed by atoms with Crippen LogP contribution in [0.2, 0.25) is 5.28 Å². The molecule has 0 amide bonds. The van der Waals surface area contributed by atoms with Crippen LogP contribution in [-0.2, 0) is 0 Å². The van der Waals surface area contributed by atoms with Gasteiger partial charge < -0.3 is 0 Å². The number of hydrogen-bond donors (Lipinski definition) is 0. The summed E-state index contributed by atoms with van der Waals surface area (Å²) in [6, 6.07) is 0. The summed E-state index contributed by atoms with van der Waals surface area (Å²) in [6.07, 6.45) is 0.868. The lowest BCUT2D eigenvalue weighted by Gasteiger charge is -1.92. The molecule has 0 aliphatic carbocycles. The van der Waals surface area contributed by atoms with Crippen molar-refractivity contribution in [1.29, 1.82) is 0 Å². The average molecular weight is 154 g/mol. The maximum Gasteiger partial charge on any atom is 0.334 e. The standard InChI is InChI=1S/C3H2ClF2N3/c4-2-7-1-9(8-2)3(5)6/h1,3H. The van der Waals surface area contributed by atoms with Crippen LogP contribution in [0, 0.1) is 0 Å². The van der Waals surface area contributed by atoms with Crippen LogP contribution in [0.3, 0.4) is 0 Å². The lowest BCUT2D eigenvalue weighted by atomic mass is 11.1. The lowest BCUT2D eigenvalue weighted by Crippen LogP contribution is -1.97. The van der Waals surface area contributed by atoms with Gasteiger partial charge in [0.25, 0.3) is 0 Å². The van der Waals surface area contributed by atoms with Crippen LogP contribution in [0.25, 0.3) is 0 Å². The van der Waals surface area contributed by atoms with Gasteiger partial charge in [-0.3, -0.25) is 0 Å². The van der Waals surface area contributed by atoms with Crippen LogP contribution in [0.4, 0.5) is 8.78 Å². The normalized spacial score (nSPS) is 10.7. The van der Waals surface area contributed by atoms with Gasteiger partial charge in [0.2, 0.25) is 5.28 Å². The third-order valence-electron chi connectivity index (χ3n) is 0.681. The van der Waals surface area contributed by atoms with Crippen molar-refractivity contribution in [3.8, 4) is 0 Å². The molecule has 0 atom stereocenters. The van der Waals surface area contributed by atoms with Gasteiger partial charge in [0.05, 0.1) is 0 Å². The van der Waals surface area contributed by atoms with Crippen LogP contribution in [0.15, 0.2) is 6.33 Å². The summed E-state index contributed by atoms with van der Waals surface area (Å²) in [7, 11) is 0. The Balaban J connectivity index is 2.85. The molecular formula is C3H2ClF2N3. The molecule has 0 saturated carbocycles. The zero-order chi connectivity index (χ0) is 6.85. The minimum Gasteiger partial charge on any atom is -0.205 e. The van der Waals surface area contributed by atoms with Crippen LogP contribution in [0.1, 0.15) is 6.55 Å². The Hall–Kier alpha value is -0.710. The molecule has 0 N–H and O–H groups in total. The predicted molar refractivity (Wildman–Crippen MR) is 26.3 cm³/mol. The molecule has 1 aromatic heterocycles. The maximum atomic E-state index is 11.6. The molecule has 6 heteroatoms. The van der Waals surface area contributed by atoms with E-state index in [0.29, 0.717) is 4.68 Å².